The van der Waals surface area contributed by atoms with Crippen molar-refractivity contribution in [3.8, 4) is 0 Å². The summed E-state index contributed by atoms with van der Waals surface area (Å²) in [7, 11) is -3.82. The Morgan fingerprint density at radius 1 is 1.21 bits per heavy atom. The third kappa shape index (κ3) is 5.30. The van der Waals surface area contributed by atoms with Crippen LogP contribution in [0, 0.1) is 0 Å². The summed E-state index contributed by atoms with van der Waals surface area (Å²) in [6.07, 6.45) is 3.14. The van der Waals surface area contributed by atoms with E-state index >= 15 is 0 Å². The van der Waals surface area contributed by atoms with Gasteiger partial charge in [-0.05, 0) is 48.4 Å². The topological polar surface area (TPSA) is 118 Å². The molecule has 0 saturated carbocycles. The Morgan fingerprint density at radius 2 is 2.00 bits per heavy atom. The number of aromatic nitrogens is 2. The molecule has 2 aromatic carbocycles. The number of nitrogens with zero attached hydrogens (tertiary/aromatic N) is 2. The molecule has 0 bridgehead atoms. The Balaban J connectivity index is 1.61. The summed E-state index contributed by atoms with van der Waals surface area (Å²) >= 11 is 7.38. The summed E-state index contributed by atoms with van der Waals surface area (Å²) in [6, 6.07) is 12.0. The largest absolute Gasteiger partial charge is 0.481 e. The van der Waals surface area contributed by atoms with Gasteiger partial charge in [0.05, 0.1) is 27.9 Å². The van der Waals surface area contributed by atoms with Gasteiger partial charge in [0.1, 0.15) is 0 Å². The standard InChI is InChI=1S/C23H20ClN3O5S2/c1-14(28)25-23-26-19-7-4-15(11-21(19)33-23)3-2-10-34(31,32)27-18(6-9-22(29)30)13-16-12-17(24)5-8-20(16)27/h2-5,7-8,11-13H,6,9-10H2,1H3,(H,29,30)(H,25,26,28). The quantitative estimate of drug-likeness (QED) is 0.347. The van der Waals surface area contributed by atoms with Crippen LogP contribution >= 0.6 is 22.9 Å². The van der Waals surface area contributed by atoms with E-state index in [0.29, 0.717) is 26.8 Å². The predicted octanol–water partition coefficient (Wildman–Crippen LogP) is 4.77. The molecule has 34 heavy (non-hydrogen) atoms. The number of rotatable bonds is 8. The lowest BCUT2D eigenvalue weighted by Crippen LogP contribution is -2.18. The van der Waals surface area contributed by atoms with E-state index < -0.39 is 16.0 Å². The number of aliphatic carboxylic acids is 1. The van der Waals surface area contributed by atoms with Gasteiger partial charge >= 0.3 is 5.97 Å². The maximum Gasteiger partial charge on any atom is 0.303 e. The van der Waals surface area contributed by atoms with E-state index in [0.717, 1.165) is 15.8 Å². The van der Waals surface area contributed by atoms with Gasteiger partial charge in [-0.25, -0.2) is 17.4 Å². The summed E-state index contributed by atoms with van der Waals surface area (Å²) < 4.78 is 28.6. The van der Waals surface area contributed by atoms with Gasteiger partial charge in [0.15, 0.2) is 5.13 Å². The Labute approximate surface area is 204 Å². The fourth-order valence-corrected chi connectivity index (χ4v) is 6.18. The number of carboxylic acids is 1. The molecule has 11 heteroatoms. The molecule has 0 unspecified atom stereocenters. The van der Waals surface area contributed by atoms with Gasteiger partial charge in [0, 0.05) is 23.0 Å². The van der Waals surface area contributed by atoms with Crippen molar-refractivity contribution in [1.29, 1.82) is 0 Å². The minimum atomic E-state index is -3.82. The second kappa shape index (κ2) is 9.57. The van der Waals surface area contributed by atoms with Crippen LogP contribution in [0.2, 0.25) is 5.02 Å². The number of carbonyl (C=O) groups excluding carboxylic acids is 1. The van der Waals surface area contributed by atoms with Crippen LogP contribution in [-0.4, -0.2) is 40.1 Å². The molecule has 0 saturated heterocycles. The van der Waals surface area contributed by atoms with Crippen molar-refractivity contribution in [2.45, 2.75) is 19.8 Å². The van der Waals surface area contributed by atoms with Crippen LogP contribution in [0.25, 0.3) is 27.2 Å². The van der Waals surface area contributed by atoms with Gasteiger partial charge in [-0.15, -0.1) is 0 Å². The third-order valence-corrected chi connectivity index (χ3v) is 7.75. The van der Waals surface area contributed by atoms with Crippen molar-refractivity contribution in [2.24, 2.45) is 0 Å². The summed E-state index contributed by atoms with van der Waals surface area (Å²) in [4.78, 5) is 26.6. The molecule has 2 N–H and O–H groups in total. The fraction of sp³-hybridized carbons (Fsp3) is 0.174. The first-order valence-corrected chi connectivity index (χ1v) is 13.0. The SMILES string of the molecule is CC(=O)Nc1nc2ccc(C=CCS(=O)(=O)n3c(CCC(=O)O)cc4cc(Cl)ccc43)cc2s1. The minimum absolute atomic E-state index is 0.0727. The van der Waals surface area contributed by atoms with E-state index in [4.69, 9.17) is 16.7 Å². The van der Waals surface area contributed by atoms with Crippen molar-refractivity contribution >= 4 is 77.2 Å². The zero-order chi connectivity index (χ0) is 24.5. The van der Waals surface area contributed by atoms with Gasteiger partial charge < -0.3 is 10.4 Å². The second-order valence-corrected chi connectivity index (χ2v) is 10.9. The van der Waals surface area contributed by atoms with E-state index in [1.54, 1.807) is 42.5 Å². The fourth-order valence-electron chi connectivity index (χ4n) is 3.59. The van der Waals surface area contributed by atoms with E-state index in [1.165, 1.54) is 22.2 Å². The summed E-state index contributed by atoms with van der Waals surface area (Å²) in [5.41, 5.74) is 2.37. The van der Waals surface area contributed by atoms with Crippen molar-refractivity contribution in [3.63, 3.8) is 0 Å². The normalized spacial score (nSPS) is 12.1. The average Bonchev–Trinajstić information content (AvgIpc) is 3.31. The Kier molecular flexibility index (Phi) is 6.74. The Hall–Kier alpha value is -3.21. The maximum atomic E-state index is 13.2. The number of carboxylic acid groups (broad SMARTS) is 1. The number of carbonyl (C=O) groups is 2. The van der Waals surface area contributed by atoms with Crippen LogP contribution < -0.4 is 5.32 Å². The molecule has 176 valence electrons. The highest BCUT2D eigenvalue weighted by atomic mass is 35.5. The maximum absolute atomic E-state index is 13.2. The van der Waals surface area contributed by atoms with Crippen molar-refractivity contribution in [2.75, 3.05) is 11.1 Å². The molecule has 8 nitrogen and oxygen atoms in total. The molecule has 0 aliphatic heterocycles. The van der Waals surface area contributed by atoms with Crippen LogP contribution in [0.1, 0.15) is 24.6 Å². The summed E-state index contributed by atoms with van der Waals surface area (Å²) in [6.45, 7) is 1.41. The number of hydrogen-bond acceptors (Lipinski definition) is 6. The van der Waals surface area contributed by atoms with E-state index in [-0.39, 0.29) is 24.5 Å². The number of aryl methyl sites for hydroxylation is 1. The number of halogens is 1. The molecule has 0 aliphatic rings. The molecule has 0 spiro atoms. The lowest BCUT2D eigenvalue weighted by atomic mass is 10.2. The minimum Gasteiger partial charge on any atom is -0.481 e. The number of fused-ring (bicyclic) bond motifs is 2. The summed E-state index contributed by atoms with van der Waals surface area (Å²) in [5, 5.41) is 13.3. The monoisotopic (exact) mass is 517 g/mol. The zero-order valence-electron chi connectivity index (χ0n) is 18.0. The molecular formula is C23H20ClN3O5S2. The number of nitrogens with one attached hydrogen (secondary N) is 1. The number of benzene rings is 2. The highest BCUT2D eigenvalue weighted by molar-refractivity contribution is 7.90. The molecule has 0 aliphatic carbocycles. The lowest BCUT2D eigenvalue weighted by molar-refractivity contribution is -0.137. The van der Waals surface area contributed by atoms with Gasteiger partial charge in [-0.2, -0.15) is 0 Å². The van der Waals surface area contributed by atoms with Crippen LogP contribution in [0.4, 0.5) is 5.13 Å². The van der Waals surface area contributed by atoms with Crippen LogP contribution in [-0.2, 0) is 26.0 Å². The van der Waals surface area contributed by atoms with E-state index in [9.17, 15) is 18.0 Å². The van der Waals surface area contributed by atoms with E-state index in [2.05, 4.69) is 10.3 Å². The lowest BCUT2D eigenvalue weighted by Gasteiger charge is -2.10. The van der Waals surface area contributed by atoms with Crippen LogP contribution in [0.15, 0.2) is 48.5 Å². The van der Waals surface area contributed by atoms with Crippen LogP contribution in [0.5, 0.6) is 0 Å². The molecule has 2 aromatic heterocycles. The summed E-state index contributed by atoms with van der Waals surface area (Å²) in [5.74, 6) is -1.49. The molecule has 0 fully saturated rings. The Bertz CT molecular complexity index is 1550. The Morgan fingerprint density at radius 3 is 2.74 bits per heavy atom. The van der Waals surface area contributed by atoms with Gasteiger partial charge in [0.2, 0.25) is 15.9 Å². The number of anilines is 1. The average molecular weight is 518 g/mol. The highest BCUT2D eigenvalue weighted by Gasteiger charge is 2.20. The van der Waals surface area contributed by atoms with Gasteiger partial charge in [-0.3, -0.25) is 9.59 Å². The molecule has 4 rings (SSSR count). The first-order chi connectivity index (χ1) is 16.1. The first-order valence-electron chi connectivity index (χ1n) is 10.2. The van der Waals surface area contributed by atoms with Crippen molar-refractivity contribution in [1.82, 2.24) is 8.96 Å². The number of amides is 1. The van der Waals surface area contributed by atoms with Gasteiger partial charge in [-0.1, -0.05) is 41.2 Å². The third-order valence-electron chi connectivity index (χ3n) is 4.98. The van der Waals surface area contributed by atoms with Gasteiger partial charge in [0.25, 0.3) is 0 Å². The van der Waals surface area contributed by atoms with Crippen molar-refractivity contribution in [3.05, 3.63) is 64.8 Å². The molecule has 0 atom stereocenters. The predicted molar refractivity (Wildman–Crippen MR) is 135 cm³/mol. The smallest absolute Gasteiger partial charge is 0.303 e. The molecule has 1 amide bonds. The number of thiazole rings is 1. The molecule has 4 aromatic rings. The molecule has 2 heterocycles. The van der Waals surface area contributed by atoms with Crippen molar-refractivity contribution < 1.29 is 23.1 Å². The molecular weight excluding hydrogens is 498 g/mol. The molecule has 0 radical (unpaired) electrons. The van der Waals surface area contributed by atoms with E-state index in [1.807, 2.05) is 12.1 Å². The number of hydrogen-bond donors (Lipinski definition) is 2. The highest BCUT2D eigenvalue weighted by Crippen LogP contribution is 2.28. The van der Waals surface area contributed by atoms with Crippen LogP contribution in [0.3, 0.4) is 0 Å². The zero-order valence-corrected chi connectivity index (χ0v) is 20.4. The first kappa shape index (κ1) is 23.9. The second-order valence-electron chi connectivity index (χ2n) is 7.61.